The first-order valence-corrected chi connectivity index (χ1v) is 4.93. The number of alkyl halides is 1. The van der Waals surface area contributed by atoms with Gasteiger partial charge in [0.2, 0.25) is 0 Å². The molecule has 0 N–H and O–H groups in total. The Morgan fingerprint density at radius 1 is 1.27 bits per heavy atom. The van der Waals surface area contributed by atoms with E-state index in [0.29, 0.717) is 11.8 Å². The van der Waals surface area contributed by atoms with E-state index < -0.39 is 6.17 Å². The molecule has 11 heavy (non-hydrogen) atoms. The molecule has 0 bridgehead atoms. The van der Waals surface area contributed by atoms with E-state index in [0.717, 1.165) is 6.42 Å². The van der Waals surface area contributed by atoms with Gasteiger partial charge in [0.1, 0.15) is 6.17 Å². The van der Waals surface area contributed by atoms with E-state index >= 15 is 0 Å². The van der Waals surface area contributed by atoms with E-state index in [-0.39, 0.29) is 0 Å². The number of halogens is 1. The maximum absolute atomic E-state index is 12.7. The molecular formula is C10H19F. The average molecular weight is 158 g/mol. The van der Waals surface area contributed by atoms with Crippen LogP contribution in [0.4, 0.5) is 4.39 Å². The van der Waals surface area contributed by atoms with Crippen LogP contribution < -0.4 is 0 Å². The highest BCUT2D eigenvalue weighted by Gasteiger charge is 2.42. The molecule has 1 fully saturated rings. The summed E-state index contributed by atoms with van der Waals surface area (Å²) in [5, 5.41) is 0. The van der Waals surface area contributed by atoms with E-state index in [4.69, 9.17) is 0 Å². The second kappa shape index (κ2) is 4.08. The van der Waals surface area contributed by atoms with Crippen LogP contribution in [0.25, 0.3) is 0 Å². The summed E-state index contributed by atoms with van der Waals surface area (Å²) in [6, 6.07) is 0. The lowest BCUT2D eigenvalue weighted by Gasteiger charge is -2.12. The van der Waals surface area contributed by atoms with Crippen molar-refractivity contribution in [2.45, 2.75) is 52.1 Å². The third kappa shape index (κ3) is 2.46. The van der Waals surface area contributed by atoms with Crippen molar-refractivity contribution in [3.8, 4) is 0 Å². The molecular weight excluding hydrogens is 139 g/mol. The minimum atomic E-state index is -0.446. The maximum atomic E-state index is 12.7. The van der Waals surface area contributed by atoms with Crippen LogP contribution in [0, 0.1) is 11.8 Å². The molecule has 1 aliphatic carbocycles. The molecule has 0 unspecified atom stereocenters. The molecule has 1 heteroatoms. The minimum absolute atomic E-state index is 0.440. The largest absolute Gasteiger partial charge is 0.247 e. The molecule has 2 atom stereocenters. The van der Waals surface area contributed by atoms with E-state index in [1.54, 1.807) is 0 Å². The standard InChI is InChI=1S/C10H19F/c1-3-5-8(6-4-2)9-7-10(9)11/h8-10H,3-7H2,1-2H3/t9-,10-/m1/s1. The second-order valence-electron chi connectivity index (χ2n) is 3.75. The molecule has 0 spiro atoms. The van der Waals surface area contributed by atoms with Crippen LogP contribution in [0.2, 0.25) is 0 Å². The lowest BCUT2D eigenvalue weighted by atomic mass is 9.93. The maximum Gasteiger partial charge on any atom is 0.104 e. The Labute approximate surface area is 69.2 Å². The summed E-state index contributed by atoms with van der Waals surface area (Å²) in [5.41, 5.74) is 0. The highest BCUT2D eigenvalue weighted by molar-refractivity contribution is 4.91. The van der Waals surface area contributed by atoms with E-state index in [2.05, 4.69) is 13.8 Å². The Kier molecular flexibility index (Phi) is 3.35. The van der Waals surface area contributed by atoms with Crippen LogP contribution in [-0.2, 0) is 0 Å². The Morgan fingerprint density at radius 3 is 2.00 bits per heavy atom. The molecule has 0 nitrogen and oxygen atoms in total. The zero-order valence-electron chi connectivity index (χ0n) is 7.65. The summed E-state index contributed by atoms with van der Waals surface area (Å²) >= 11 is 0. The number of rotatable bonds is 5. The third-order valence-electron chi connectivity index (χ3n) is 2.68. The summed E-state index contributed by atoms with van der Waals surface area (Å²) in [7, 11) is 0. The van der Waals surface area contributed by atoms with Gasteiger partial charge in [-0.3, -0.25) is 0 Å². The van der Waals surface area contributed by atoms with Crippen LogP contribution >= 0.6 is 0 Å². The van der Waals surface area contributed by atoms with Crippen LogP contribution in [-0.4, -0.2) is 6.17 Å². The summed E-state index contributed by atoms with van der Waals surface area (Å²) < 4.78 is 12.7. The van der Waals surface area contributed by atoms with Crippen molar-refractivity contribution in [1.29, 1.82) is 0 Å². The molecule has 0 aliphatic heterocycles. The van der Waals surface area contributed by atoms with Crippen molar-refractivity contribution in [3.63, 3.8) is 0 Å². The average Bonchev–Trinajstić information content (AvgIpc) is 2.67. The fourth-order valence-corrected chi connectivity index (χ4v) is 1.98. The number of hydrogen-bond acceptors (Lipinski definition) is 0. The van der Waals surface area contributed by atoms with Gasteiger partial charge in [0, 0.05) is 0 Å². The van der Waals surface area contributed by atoms with Crippen molar-refractivity contribution in [2.24, 2.45) is 11.8 Å². The van der Waals surface area contributed by atoms with Gasteiger partial charge < -0.3 is 0 Å². The third-order valence-corrected chi connectivity index (χ3v) is 2.68. The smallest absolute Gasteiger partial charge is 0.104 e. The summed E-state index contributed by atoms with van der Waals surface area (Å²) in [6.45, 7) is 4.39. The van der Waals surface area contributed by atoms with E-state index in [1.807, 2.05) is 0 Å². The van der Waals surface area contributed by atoms with Gasteiger partial charge >= 0.3 is 0 Å². The Hall–Kier alpha value is -0.0700. The Balaban J connectivity index is 2.22. The summed E-state index contributed by atoms with van der Waals surface area (Å²) in [6.07, 6.45) is 5.31. The van der Waals surface area contributed by atoms with Gasteiger partial charge in [-0.1, -0.05) is 39.5 Å². The first-order chi connectivity index (χ1) is 5.29. The molecule has 0 aromatic heterocycles. The first kappa shape index (κ1) is 9.02. The molecule has 0 amide bonds. The highest BCUT2D eigenvalue weighted by atomic mass is 19.1. The predicted molar refractivity (Wildman–Crippen MR) is 46.3 cm³/mol. The summed E-state index contributed by atoms with van der Waals surface area (Å²) in [5.74, 6) is 1.13. The zero-order valence-corrected chi connectivity index (χ0v) is 7.65. The normalized spacial score (nSPS) is 29.5. The van der Waals surface area contributed by atoms with E-state index in [1.165, 1.54) is 25.7 Å². The molecule has 66 valence electrons. The molecule has 0 radical (unpaired) electrons. The highest BCUT2D eigenvalue weighted by Crippen LogP contribution is 2.44. The molecule has 1 rings (SSSR count). The van der Waals surface area contributed by atoms with Crippen LogP contribution in [0.3, 0.4) is 0 Å². The summed E-state index contributed by atoms with van der Waals surface area (Å²) in [4.78, 5) is 0. The quantitative estimate of drug-likeness (QED) is 0.574. The van der Waals surface area contributed by atoms with Crippen molar-refractivity contribution in [1.82, 2.24) is 0 Å². The van der Waals surface area contributed by atoms with E-state index in [9.17, 15) is 4.39 Å². The monoisotopic (exact) mass is 158 g/mol. The van der Waals surface area contributed by atoms with Gasteiger partial charge in [0.05, 0.1) is 0 Å². The van der Waals surface area contributed by atoms with Gasteiger partial charge in [0.15, 0.2) is 0 Å². The van der Waals surface area contributed by atoms with Gasteiger partial charge in [-0.25, -0.2) is 4.39 Å². The van der Waals surface area contributed by atoms with Crippen LogP contribution in [0.15, 0.2) is 0 Å². The molecule has 1 saturated carbocycles. The topological polar surface area (TPSA) is 0 Å². The zero-order chi connectivity index (χ0) is 8.27. The second-order valence-corrected chi connectivity index (χ2v) is 3.75. The molecule has 0 aromatic carbocycles. The molecule has 0 aromatic rings. The van der Waals surface area contributed by atoms with Crippen LogP contribution in [0.5, 0.6) is 0 Å². The van der Waals surface area contributed by atoms with Crippen molar-refractivity contribution < 1.29 is 4.39 Å². The lowest BCUT2D eigenvalue weighted by Crippen LogP contribution is -2.03. The van der Waals surface area contributed by atoms with Gasteiger partial charge in [-0.2, -0.15) is 0 Å². The predicted octanol–water partition coefficient (Wildman–Crippen LogP) is 3.56. The van der Waals surface area contributed by atoms with Gasteiger partial charge in [-0.05, 0) is 18.3 Å². The Bertz CT molecular complexity index is 105. The SMILES string of the molecule is CCCC(CCC)[C@H]1C[C@H]1F. The fraction of sp³-hybridized carbons (Fsp3) is 1.00. The van der Waals surface area contributed by atoms with Gasteiger partial charge in [0.25, 0.3) is 0 Å². The van der Waals surface area contributed by atoms with Gasteiger partial charge in [-0.15, -0.1) is 0 Å². The number of hydrogen-bond donors (Lipinski definition) is 0. The van der Waals surface area contributed by atoms with Crippen molar-refractivity contribution in [3.05, 3.63) is 0 Å². The molecule has 1 aliphatic rings. The molecule has 0 heterocycles. The fourth-order valence-electron chi connectivity index (χ4n) is 1.98. The lowest BCUT2D eigenvalue weighted by molar-refractivity contribution is 0.333. The van der Waals surface area contributed by atoms with Crippen LogP contribution in [0.1, 0.15) is 46.0 Å². The first-order valence-electron chi connectivity index (χ1n) is 4.93. The van der Waals surface area contributed by atoms with Crippen molar-refractivity contribution >= 4 is 0 Å². The minimum Gasteiger partial charge on any atom is -0.247 e. The molecule has 0 saturated heterocycles. The Morgan fingerprint density at radius 2 is 1.73 bits per heavy atom. The van der Waals surface area contributed by atoms with Crippen molar-refractivity contribution in [2.75, 3.05) is 0 Å².